The summed E-state index contributed by atoms with van der Waals surface area (Å²) < 4.78 is 34.6. The van der Waals surface area contributed by atoms with E-state index >= 15 is 0 Å². The minimum absolute atomic E-state index is 0.00401. The summed E-state index contributed by atoms with van der Waals surface area (Å²) >= 11 is 0. The average Bonchev–Trinajstić information content (AvgIpc) is 2.70. The maximum atomic E-state index is 12.6. The maximum Gasteiger partial charge on any atom is 0.387 e. The van der Waals surface area contributed by atoms with Crippen molar-refractivity contribution in [2.45, 2.75) is 44.8 Å². The molecule has 2 aromatic rings. The van der Waals surface area contributed by atoms with Gasteiger partial charge in [-0.15, -0.1) is 0 Å². The maximum absolute atomic E-state index is 12.6. The van der Waals surface area contributed by atoms with E-state index in [1.807, 2.05) is 6.07 Å². The molecule has 1 aliphatic carbocycles. The summed E-state index contributed by atoms with van der Waals surface area (Å²) in [6.07, 6.45) is 3.29. The van der Waals surface area contributed by atoms with E-state index in [2.05, 4.69) is 10.8 Å². The molecule has 1 saturated carbocycles. The SMILES string of the molecule is N#Cc1ccccc1OC1CCC(C(=O)Cc2ccc(OC(F)F)cc2)CC1. The number of hydrogen-bond acceptors (Lipinski definition) is 4. The standard InChI is InChI=1S/C22H21F2NO3/c23-22(24)28-19-9-5-15(6-10-19)13-20(26)16-7-11-18(12-8-16)27-21-4-2-1-3-17(21)14-25/h1-6,9-10,16,18,22H,7-8,11-13H2. The molecule has 6 heteroatoms. The van der Waals surface area contributed by atoms with E-state index in [9.17, 15) is 13.6 Å². The molecule has 0 unspecified atom stereocenters. The molecule has 0 aromatic heterocycles. The number of hydrogen-bond donors (Lipinski definition) is 0. The van der Waals surface area contributed by atoms with Crippen LogP contribution < -0.4 is 9.47 Å². The molecule has 0 radical (unpaired) electrons. The van der Waals surface area contributed by atoms with Gasteiger partial charge in [-0.25, -0.2) is 0 Å². The number of carbonyl (C=O) groups excluding carboxylic acids is 1. The Morgan fingerprint density at radius 2 is 1.75 bits per heavy atom. The zero-order chi connectivity index (χ0) is 19.9. The van der Waals surface area contributed by atoms with E-state index in [0.717, 1.165) is 31.2 Å². The Balaban J connectivity index is 1.49. The zero-order valence-corrected chi connectivity index (χ0v) is 15.3. The molecule has 0 amide bonds. The van der Waals surface area contributed by atoms with Gasteiger partial charge in [-0.05, 0) is 55.5 Å². The van der Waals surface area contributed by atoms with E-state index in [1.54, 1.807) is 30.3 Å². The van der Waals surface area contributed by atoms with Gasteiger partial charge >= 0.3 is 6.61 Å². The molecule has 1 fully saturated rings. The highest BCUT2D eigenvalue weighted by molar-refractivity contribution is 5.83. The second-order valence-corrected chi connectivity index (χ2v) is 6.86. The second kappa shape index (κ2) is 9.32. The van der Waals surface area contributed by atoms with E-state index < -0.39 is 6.61 Å². The summed E-state index contributed by atoms with van der Waals surface area (Å²) in [6.45, 7) is -2.86. The Kier molecular flexibility index (Phi) is 6.59. The van der Waals surface area contributed by atoms with Gasteiger partial charge in [0.15, 0.2) is 0 Å². The molecule has 4 nitrogen and oxygen atoms in total. The van der Waals surface area contributed by atoms with Crippen LogP contribution in [0, 0.1) is 17.2 Å². The number of nitrogens with zero attached hydrogens (tertiary/aromatic N) is 1. The molecule has 0 bridgehead atoms. The number of ketones is 1. The lowest BCUT2D eigenvalue weighted by Gasteiger charge is -2.28. The Labute approximate surface area is 162 Å². The fourth-order valence-electron chi connectivity index (χ4n) is 3.48. The van der Waals surface area contributed by atoms with Gasteiger partial charge in [0, 0.05) is 12.3 Å². The van der Waals surface area contributed by atoms with Crippen LogP contribution in [0.15, 0.2) is 48.5 Å². The van der Waals surface area contributed by atoms with Crippen LogP contribution in [0.1, 0.15) is 36.8 Å². The number of alkyl halides is 2. The molecule has 28 heavy (non-hydrogen) atoms. The topological polar surface area (TPSA) is 59.3 Å². The molecule has 0 N–H and O–H groups in total. The Bertz CT molecular complexity index is 838. The minimum Gasteiger partial charge on any atom is -0.489 e. The first kappa shape index (κ1) is 19.8. The summed E-state index contributed by atoms with van der Waals surface area (Å²) in [5, 5.41) is 9.14. The van der Waals surface area contributed by atoms with Gasteiger partial charge in [-0.1, -0.05) is 24.3 Å². The third-order valence-corrected chi connectivity index (χ3v) is 4.96. The van der Waals surface area contributed by atoms with Gasteiger partial charge in [-0.2, -0.15) is 14.0 Å². The van der Waals surface area contributed by atoms with Crippen molar-refractivity contribution < 1.29 is 23.0 Å². The number of benzene rings is 2. The molecule has 0 atom stereocenters. The van der Waals surface area contributed by atoms with Gasteiger partial charge in [0.05, 0.1) is 11.7 Å². The summed E-state index contributed by atoms with van der Waals surface area (Å²) in [5.41, 5.74) is 1.30. The number of Topliss-reactive ketones (excluding diaryl/α,β-unsaturated/α-hetero) is 1. The Morgan fingerprint density at radius 3 is 2.39 bits per heavy atom. The highest BCUT2D eigenvalue weighted by atomic mass is 19.3. The second-order valence-electron chi connectivity index (χ2n) is 6.86. The average molecular weight is 385 g/mol. The number of para-hydroxylation sites is 1. The van der Waals surface area contributed by atoms with Gasteiger partial charge < -0.3 is 9.47 Å². The highest BCUT2D eigenvalue weighted by Gasteiger charge is 2.27. The Morgan fingerprint density at radius 1 is 1.07 bits per heavy atom. The fourth-order valence-corrected chi connectivity index (χ4v) is 3.48. The summed E-state index contributed by atoms with van der Waals surface area (Å²) in [7, 11) is 0. The third kappa shape index (κ3) is 5.29. The Hall–Kier alpha value is -2.94. The van der Waals surface area contributed by atoms with Gasteiger partial charge in [0.2, 0.25) is 0 Å². The molecule has 146 valence electrons. The van der Waals surface area contributed by atoms with E-state index in [-0.39, 0.29) is 30.0 Å². The number of carbonyl (C=O) groups is 1. The molecule has 0 spiro atoms. The van der Waals surface area contributed by atoms with Gasteiger partial charge in [0.1, 0.15) is 23.4 Å². The lowest BCUT2D eigenvalue weighted by molar-refractivity contribution is -0.123. The van der Waals surface area contributed by atoms with Crippen molar-refractivity contribution in [3.8, 4) is 17.6 Å². The van der Waals surface area contributed by atoms with Crippen LogP contribution in [0.4, 0.5) is 8.78 Å². The van der Waals surface area contributed by atoms with Crippen molar-refractivity contribution in [3.63, 3.8) is 0 Å². The van der Waals surface area contributed by atoms with Crippen LogP contribution in [0.2, 0.25) is 0 Å². The van der Waals surface area contributed by atoms with E-state index in [0.29, 0.717) is 11.3 Å². The molecule has 0 saturated heterocycles. The van der Waals surface area contributed by atoms with E-state index in [4.69, 9.17) is 10.00 Å². The number of nitriles is 1. The van der Waals surface area contributed by atoms with Crippen molar-refractivity contribution >= 4 is 5.78 Å². The van der Waals surface area contributed by atoms with Crippen molar-refractivity contribution in [1.82, 2.24) is 0 Å². The number of halogens is 2. The number of rotatable bonds is 7. The van der Waals surface area contributed by atoms with Gasteiger partial charge in [0.25, 0.3) is 0 Å². The predicted octanol–water partition coefficient (Wildman–Crippen LogP) is 4.91. The van der Waals surface area contributed by atoms with Crippen LogP contribution in [-0.4, -0.2) is 18.5 Å². The lowest BCUT2D eigenvalue weighted by atomic mass is 9.83. The molecule has 1 aliphatic rings. The molecule has 0 heterocycles. The van der Waals surface area contributed by atoms with Crippen molar-refractivity contribution in [1.29, 1.82) is 5.26 Å². The van der Waals surface area contributed by atoms with Crippen LogP contribution in [0.5, 0.6) is 11.5 Å². The highest BCUT2D eigenvalue weighted by Crippen LogP contribution is 2.30. The first-order chi connectivity index (χ1) is 13.5. The lowest BCUT2D eigenvalue weighted by Crippen LogP contribution is -2.29. The molecule has 2 aromatic carbocycles. The first-order valence-electron chi connectivity index (χ1n) is 9.27. The largest absolute Gasteiger partial charge is 0.489 e. The molecule has 0 aliphatic heterocycles. The van der Waals surface area contributed by atoms with Crippen LogP contribution in [0.25, 0.3) is 0 Å². The predicted molar refractivity (Wildman–Crippen MR) is 99.3 cm³/mol. The molecular formula is C22H21F2NO3. The fraction of sp³-hybridized carbons (Fsp3) is 0.364. The summed E-state index contributed by atoms with van der Waals surface area (Å²) in [5.74, 6) is 0.800. The quantitative estimate of drug-likeness (QED) is 0.680. The minimum atomic E-state index is -2.86. The van der Waals surface area contributed by atoms with Crippen molar-refractivity contribution in [3.05, 3.63) is 59.7 Å². The molecular weight excluding hydrogens is 364 g/mol. The monoisotopic (exact) mass is 385 g/mol. The smallest absolute Gasteiger partial charge is 0.387 e. The number of ether oxygens (including phenoxy) is 2. The summed E-state index contributed by atoms with van der Waals surface area (Å²) in [6, 6.07) is 15.5. The third-order valence-electron chi connectivity index (χ3n) is 4.96. The van der Waals surface area contributed by atoms with Crippen molar-refractivity contribution in [2.24, 2.45) is 5.92 Å². The van der Waals surface area contributed by atoms with Crippen LogP contribution >= 0.6 is 0 Å². The normalized spacial score (nSPS) is 19.1. The zero-order valence-electron chi connectivity index (χ0n) is 15.3. The van der Waals surface area contributed by atoms with Gasteiger partial charge in [-0.3, -0.25) is 4.79 Å². The summed E-state index contributed by atoms with van der Waals surface area (Å²) in [4.78, 5) is 12.6. The van der Waals surface area contributed by atoms with Crippen LogP contribution in [-0.2, 0) is 11.2 Å². The van der Waals surface area contributed by atoms with E-state index in [1.165, 1.54) is 12.1 Å². The van der Waals surface area contributed by atoms with Crippen LogP contribution in [0.3, 0.4) is 0 Å². The van der Waals surface area contributed by atoms with Crippen molar-refractivity contribution in [2.75, 3.05) is 0 Å². The molecule has 3 rings (SSSR count). The first-order valence-corrected chi connectivity index (χ1v) is 9.27.